The molecule has 1 aromatic carbocycles. The van der Waals surface area contributed by atoms with Crippen LogP contribution in [0.25, 0.3) is 0 Å². The van der Waals surface area contributed by atoms with Gasteiger partial charge in [0.2, 0.25) is 11.8 Å². The van der Waals surface area contributed by atoms with Gasteiger partial charge in [-0.2, -0.15) is 0 Å². The topological polar surface area (TPSA) is 75.4 Å². The molecule has 2 rings (SSSR count). The van der Waals surface area contributed by atoms with Gasteiger partial charge in [-0.25, -0.2) is 0 Å². The summed E-state index contributed by atoms with van der Waals surface area (Å²) in [4.78, 5) is 26.4. The number of amides is 2. The SMILES string of the molecule is CC(NC(=O)C(CN)c1ccccc1)C(=O)N1CCCC1. The molecule has 1 aliphatic rings. The maximum Gasteiger partial charge on any atom is 0.244 e. The molecule has 0 aliphatic carbocycles. The van der Waals surface area contributed by atoms with Crippen molar-refractivity contribution in [3.63, 3.8) is 0 Å². The van der Waals surface area contributed by atoms with E-state index in [1.807, 2.05) is 35.2 Å². The summed E-state index contributed by atoms with van der Waals surface area (Å²) in [5.41, 5.74) is 6.60. The summed E-state index contributed by atoms with van der Waals surface area (Å²) in [7, 11) is 0. The lowest BCUT2D eigenvalue weighted by Gasteiger charge is -2.23. The first-order valence-electron chi connectivity index (χ1n) is 7.47. The molecule has 1 aliphatic heterocycles. The molecule has 2 atom stereocenters. The molecule has 114 valence electrons. The summed E-state index contributed by atoms with van der Waals surface area (Å²) >= 11 is 0. The summed E-state index contributed by atoms with van der Waals surface area (Å²) in [6, 6.07) is 8.91. The minimum atomic E-state index is -0.506. The summed E-state index contributed by atoms with van der Waals surface area (Å²) in [6.07, 6.45) is 2.09. The highest BCUT2D eigenvalue weighted by Crippen LogP contribution is 2.15. The van der Waals surface area contributed by atoms with E-state index in [0.29, 0.717) is 0 Å². The molecular formula is C16H23N3O2. The fourth-order valence-corrected chi connectivity index (χ4v) is 2.67. The van der Waals surface area contributed by atoms with Gasteiger partial charge in [-0.1, -0.05) is 30.3 Å². The number of benzene rings is 1. The van der Waals surface area contributed by atoms with Gasteiger partial charge >= 0.3 is 0 Å². The van der Waals surface area contributed by atoms with Crippen LogP contribution < -0.4 is 11.1 Å². The van der Waals surface area contributed by atoms with E-state index in [1.165, 1.54) is 0 Å². The van der Waals surface area contributed by atoms with Crippen molar-refractivity contribution in [3.05, 3.63) is 35.9 Å². The van der Waals surface area contributed by atoms with Crippen LogP contribution in [0.4, 0.5) is 0 Å². The molecule has 2 unspecified atom stereocenters. The van der Waals surface area contributed by atoms with Crippen molar-refractivity contribution in [1.82, 2.24) is 10.2 Å². The molecule has 0 radical (unpaired) electrons. The number of hydrogen-bond donors (Lipinski definition) is 2. The summed E-state index contributed by atoms with van der Waals surface area (Å²) in [5.74, 6) is -0.617. The second-order valence-corrected chi connectivity index (χ2v) is 5.46. The van der Waals surface area contributed by atoms with Crippen LogP contribution in [0.2, 0.25) is 0 Å². The van der Waals surface area contributed by atoms with Crippen molar-refractivity contribution in [2.75, 3.05) is 19.6 Å². The Morgan fingerprint density at radius 1 is 1.24 bits per heavy atom. The van der Waals surface area contributed by atoms with Crippen LogP contribution >= 0.6 is 0 Å². The quantitative estimate of drug-likeness (QED) is 0.844. The molecule has 3 N–H and O–H groups in total. The van der Waals surface area contributed by atoms with Crippen LogP contribution in [0.5, 0.6) is 0 Å². The van der Waals surface area contributed by atoms with Gasteiger partial charge in [0, 0.05) is 19.6 Å². The largest absolute Gasteiger partial charge is 0.344 e. The van der Waals surface area contributed by atoms with Gasteiger partial charge in [-0.3, -0.25) is 9.59 Å². The van der Waals surface area contributed by atoms with Crippen molar-refractivity contribution in [2.45, 2.75) is 31.7 Å². The summed E-state index contributed by atoms with van der Waals surface area (Å²) in [6.45, 7) is 3.54. The van der Waals surface area contributed by atoms with Crippen LogP contribution in [0.3, 0.4) is 0 Å². The van der Waals surface area contributed by atoms with E-state index >= 15 is 0 Å². The zero-order chi connectivity index (χ0) is 15.2. The van der Waals surface area contributed by atoms with E-state index < -0.39 is 12.0 Å². The second kappa shape index (κ2) is 7.22. The molecule has 0 aromatic heterocycles. The van der Waals surface area contributed by atoms with E-state index in [9.17, 15) is 9.59 Å². The van der Waals surface area contributed by atoms with Crippen molar-refractivity contribution < 1.29 is 9.59 Å². The number of likely N-dealkylation sites (tertiary alicyclic amines) is 1. The maximum absolute atomic E-state index is 12.3. The molecule has 1 aromatic rings. The lowest BCUT2D eigenvalue weighted by molar-refractivity contribution is -0.135. The number of nitrogens with two attached hydrogens (primary N) is 1. The van der Waals surface area contributed by atoms with Crippen LogP contribution in [0.15, 0.2) is 30.3 Å². The molecule has 2 amide bonds. The van der Waals surface area contributed by atoms with E-state index in [4.69, 9.17) is 5.73 Å². The Morgan fingerprint density at radius 3 is 2.43 bits per heavy atom. The smallest absolute Gasteiger partial charge is 0.244 e. The van der Waals surface area contributed by atoms with Crippen LogP contribution in [-0.2, 0) is 9.59 Å². The van der Waals surface area contributed by atoms with Gasteiger partial charge in [-0.05, 0) is 25.3 Å². The Balaban J connectivity index is 1.97. The van der Waals surface area contributed by atoms with Gasteiger partial charge < -0.3 is 16.0 Å². The lowest BCUT2D eigenvalue weighted by Crippen LogP contribution is -2.48. The van der Waals surface area contributed by atoms with E-state index in [1.54, 1.807) is 6.92 Å². The average Bonchev–Trinajstić information content (AvgIpc) is 3.02. The minimum Gasteiger partial charge on any atom is -0.344 e. The first-order chi connectivity index (χ1) is 10.1. The predicted molar refractivity (Wildman–Crippen MR) is 81.7 cm³/mol. The maximum atomic E-state index is 12.3. The van der Waals surface area contributed by atoms with Gasteiger partial charge in [0.15, 0.2) is 0 Å². The molecular weight excluding hydrogens is 266 g/mol. The van der Waals surface area contributed by atoms with Crippen LogP contribution in [-0.4, -0.2) is 42.4 Å². The fourth-order valence-electron chi connectivity index (χ4n) is 2.67. The first-order valence-corrected chi connectivity index (χ1v) is 7.47. The molecule has 0 saturated carbocycles. The molecule has 21 heavy (non-hydrogen) atoms. The van der Waals surface area contributed by atoms with Crippen LogP contribution in [0.1, 0.15) is 31.2 Å². The molecule has 1 fully saturated rings. The molecule has 5 heteroatoms. The zero-order valence-corrected chi connectivity index (χ0v) is 12.4. The summed E-state index contributed by atoms with van der Waals surface area (Å²) in [5, 5.41) is 2.80. The highest BCUT2D eigenvalue weighted by Gasteiger charge is 2.27. The number of rotatable bonds is 5. The van der Waals surface area contributed by atoms with E-state index in [2.05, 4.69) is 5.32 Å². The van der Waals surface area contributed by atoms with Crippen molar-refractivity contribution >= 4 is 11.8 Å². The highest BCUT2D eigenvalue weighted by atomic mass is 16.2. The normalized spacial score (nSPS) is 17.3. The Labute approximate surface area is 125 Å². The third kappa shape index (κ3) is 3.82. The molecule has 1 heterocycles. The standard InChI is InChI=1S/C16H23N3O2/c1-12(16(21)19-9-5-6-10-19)18-15(20)14(11-17)13-7-3-2-4-8-13/h2-4,7-8,12,14H,5-6,9-11,17H2,1H3,(H,18,20). The molecule has 1 saturated heterocycles. The number of carbonyl (C=O) groups excluding carboxylic acids is 2. The first kappa shape index (κ1) is 15.5. The molecule has 5 nitrogen and oxygen atoms in total. The Bertz CT molecular complexity index is 484. The fraction of sp³-hybridized carbons (Fsp3) is 0.500. The van der Waals surface area contributed by atoms with E-state index in [0.717, 1.165) is 31.5 Å². The number of nitrogens with zero attached hydrogens (tertiary/aromatic N) is 1. The molecule has 0 bridgehead atoms. The van der Waals surface area contributed by atoms with Gasteiger partial charge in [0.25, 0.3) is 0 Å². The van der Waals surface area contributed by atoms with Gasteiger partial charge in [0.1, 0.15) is 6.04 Å². The zero-order valence-electron chi connectivity index (χ0n) is 12.4. The highest BCUT2D eigenvalue weighted by molar-refractivity contribution is 5.90. The Kier molecular flexibility index (Phi) is 5.33. The average molecular weight is 289 g/mol. The van der Waals surface area contributed by atoms with Crippen molar-refractivity contribution in [3.8, 4) is 0 Å². The third-order valence-corrected chi connectivity index (χ3v) is 3.90. The van der Waals surface area contributed by atoms with Gasteiger partial charge in [0.05, 0.1) is 5.92 Å². The number of carbonyl (C=O) groups is 2. The Hall–Kier alpha value is -1.88. The lowest BCUT2D eigenvalue weighted by atomic mass is 9.98. The minimum absolute atomic E-state index is 0.00955. The Morgan fingerprint density at radius 2 is 1.86 bits per heavy atom. The second-order valence-electron chi connectivity index (χ2n) is 5.46. The molecule has 0 spiro atoms. The number of hydrogen-bond acceptors (Lipinski definition) is 3. The number of nitrogens with one attached hydrogen (secondary N) is 1. The summed E-state index contributed by atoms with van der Waals surface area (Å²) < 4.78 is 0. The van der Waals surface area contributed by atoms with E-state index in [-0.39, 0.29) is 18.4 Å². The van der Waals surface area contributed by atoms with Crippen molar-refractivity contribution in [1.29, 1.82) is 0 Å². The predicted octanol–water partition coefficient (Wildman–Crippen LogP) is 0.856. The van der Waals surface area contributed by atoms with Crippen molar-refractivity contribution in [2.24, 2.45) is 5.73 Å². The van der Waals surface area contributed by atoms with Gasteiger partial charge in [-0.15, -0.1) is 0 Å². The third-order valence-electron chi connectivity index (χ3n) is 3.90. The monoisotopic (exact) mass is 289 g/mol. The van der Waals surface area contributed by atoms with Crippen LogP contribution in [0, 0.1) is 0 Å².